The van der Waals surface area contributed by atoms with Gasteiger partial charge in [0, 0.05) is 18.9 Å². The lowest BCUT2D eigenvalue weighted by molar-refractivity contribution is 0.678. The Morgan fingerprint density at radius 2 is 2.33 bits per heavy atom. The minimum absolute atomic E-state index is 0.822. The Bertz CT molecular complexity index is 232. The van der Waals surface area contributed by atoms with Crippen molar-refractivity contribution in [1.82, 2.24) is 10.3 Å². The molecule has 0 aliphatic rings. The van der Waals surface area contributed by atoms with Gasteiger partial charge in [-0.25, -0.2) is 0 Å². The highest BCUT2D eigenvalue weighted by molar-refractivity contribution is 7.99. The standard InChI is InChI=1S/C12H22N2S/c1-11(2)10-15-7-3-5-13-8-12-4-6-14-9-12/h4,6,9,11,13-14H,3,5,7-8,10H2,1-2H3. The molecule has 0 unspecified atom stereocenters. The summed E-state index contributed by atoms with van der Waals surface area (Å²) in [6.45, 7) is 6.66. The second-order valence-electron chi connectivity index (χ2n) is 4.22. The summed E-state index contributed by atoms with van der Waals surface area (Å²) in [7, 11) is 0. The summed E-state index contributed by atoms with van der Waals surface area (Å²) in [5, 5.41) is 3.44. The first-order chi connectivity index (χ1) is 7.29. The van der Waals surface area contributed by atoms with Crippen molar-refractivity contribution in [2.75, 3.05) is 18.1 Å². The maximum absolute atomic E-state index is 3.44. The maximum atomic E-state index is 3.44. The number of rotatable bonds is 8. The summed E-state index contributed by atoms with van der Waals surface area (Å²) in [6.07, 6.45) is 5.28. The fraction of sp³-hybridized carbons (Fsp3) is 0.667. The van der Waals surface area contributed by atoms with Gasteiger partial charge in [0.15, 0.2) is 0 Å². The number of nitrogens with one attached hydrogen (secondary N) is 2. The van der Waals surface area contributed by atoms with Gasteiger partial charge in [0.25, 0.3) is 0 Å². The monoisotopic (exact) mass is 226 g/mol. The Hall–Kier alpha value is -0.410. The van der Waals surface area contributed by atoms with Gasteiger partial charge in [0.2, 0.25) is 0 Å². The smallest absolute Gasteiger partial charge is 0.0220 e. The van der Waals surface area contributed by atoms with Gasteiger partial charge in [0.05, 0.1) is 0 Å². The molecular formula is C12H22N2S. The highest BCUT2D eigenvalue weighted by Crippen LogP contribution is 2.08. The molecule has 0 aliphatic heterocycles. The van der Waals surface area contributed by atoms with Crippen molar-refractivity contribution in [3.8, 4) is 0 Å². The zero-order valence-corrected chi connectivity index (χ0v) is 10.6. The molecule has 1 rings (SSSR count). The zero-order valence-electron chi connectivity index (χ0n) is 9.75. The van der Waals surface area contributed by atoms with Gasteiger partial charge in [-0.3, -0.25) is 0 Å². The predicted octanol–water partition coefficient (Wildman–Crippen LogP) is 2.88. The highest BCUT2D eigenvalue weighted by atomic mass is 32.2. The van der Waals surface area contributed by atoms with Gasteiger partial charge in [0.1, 0.15) is 0 Å². The SMILES string of the molecule is CC(C)CSCCCNCc1cc[nH]c1. The van der Waals surface area contributed by atoms with Gasteiger partial charge in [-0.2, -0.15) is 11.8 Å². The molecule has 86 valence electrons. The third kappa shape index (κ3) is 6.63. The Morgan fingerprint density at radius 3 is 3.00 bits per heavy atom. The van der Waals surface area contributed by atoms with E-state index in [4.69, 9.17) is 0 Å². The molecule has 3 heteroatoms. The molecule has 0 saturated carbocycles. The van der Waals surface area contributed by atoms with Crippen LogP contribution in [-0.4, -0.2) is 23.0 Å². The Balaban J connectivity index is 1.85. The van der Waals surface area contributed by atoms with Gasteiger partial charge in [-0.05, 0) is 42.0 Å². The molecule has 0 radical (unpaired) electrons. The van der Waals surface area contributed by atoms with Crippen molar-refractivity contribution in [3.63, 3.8) is 0 Å². The van der Waals surface area contributed by atoms with Crippen LogP contribution in [-0.2, 0) is 6.54 Å². The molecule has 0 bridgehead atoms. The average Bonchev–Trinajstić information content (AvgIpc) is 2.68. The molecule has 1 heterocycles. The molecule has 0 fully saturated rings. The van der Waals surface area contributed by atoms with Gasteiger partial charge in [-0.1, -0.05) is 13.8 Å². The molecule has 0 amide bonds. The van der Waals surface area contributed by atoms with Crippen molar-refractivity contribution in [1.29, 1.82) is 0 Å². The molecular weight excluding hydrogens is 204 g/mol. The Kier molecular flexibility index (Phi) is 6.60. The molecule has 1 aromatic heterocycles. The number of hydrogen-bond donors (Lipinski definition) is 2. The summed E-state index contributed by atoms with van der Waals surface area (Å²) >= 11 is 2.06. The van der Waals surface area contributed by atoms with Gasteiger partial charge >= 0.3 is 0 Å². The van der Waals surface area contributed by atoms with E-state index in [9.17, 15) is 0 Å². The molecule has 0 atom stereocenters. The molecule has 0 saturated heterocycles. The zero-order chi connectivity index (χ0) is 10.9. The molecule has 0 aliphatic carbocycles. The van der Waals surface area contributed by atoms with Crippen molar-refractivity contribution in [2.45, 2.75) is 26.8 Å². The van der Waals surface area contributed by atoms with Crippen molar-refractivity contribution < 1.29 is 0 Å². The quantitative estimate of drug-likeness (QED) is 0.667. The van der Waals surface area contributed by atoms with Crippen LogP contribution in [0.5, 0.6) is 0 Å². The third-order valence-electron chi connectivity index (χ3n) is 2.08. The summed E-state index contributed by atoms with van der Waals surface area (Å²) < 4.78 is 0. The fourth-order valence-corrected chi connectivity index (χ4v) is 2.31. The van der Waals surface area contributed by atoms with Gasteiger partial charge in [-0.15, -0.1) is 0 Å². The van der Waals surface area contributed by atoms with Crippen LogP contribution in [0.1, 0.15) is 25.8 Å². The number of aromatic amines is 1. The third-order valence-corrected chi connectivity index (χ3v) is 3.56. The lowest BCUT2D eigenvalue weighted by atomic mass is 10.3. The second kappa shape index (κ2) is 7.83. The van der Waals surface area contributed by atoms with Crippen molar-refractivity contribution in [2.24, 2.45) is 5.92 Å². The van der Waals surface area contributed by atoms with Crippen LogP contribution >= 0.6 is 11.8 Å². The van der Waals surface area contributed by atoms with E-state index < -0.39 is 0 Å². The van der Waals surface area contributed by atoms with Crippen LogP contribution < -0.4 is 5.32 Å². The Labute approximate surface area is 97.2 Å². The van der Waals surface area contributed by atoms with Crippen LogP contribution in [0, 0.1) is 5.92 Å². The second-order valence-corrected chi connectivity index (χ2v) is 5.37. The maximum Gasteiger partial charge on any atom is 0.0220 e. The summed E-state index contributed by atoms with van der Waals surface area (Å²) in [4.78, 5) is 3.06. The van der Waals surface area contributed by atoms with E-state index in [0.717, 1.165) is 19.0 Å². The van der Waals surface area contributed by atoms with Crippen LogP contribution in [0.25, 0.3) is 0 Å². The van der Waals surface area contributed by atoms with E-state index in [0.29, 0.717) is 0 Å². The first kappa shape index (κ1) is 12.7. The summed E-state index contributed by atoms with van der Waals surface area (Å²) in [5.41, 5.74) is 1.34. The van der Waals surface area contributed by atoms with Crippen LogP contribution in [0.3, 0.4) is 0 Å². The van der Waals surface area contributed by atoms with Gasteiger partial charge < -0.3 is 10.3 Å². The van der Waals surface area contributed by atoms with E-state index in [-0.39, 0.29) is 0 Å². The Morgan fingerprint density at radius 1 is 1.47 bits per heavy atom. The number of aromatic nitrogens is 1. The molecule has 2 nitrogen and oxygen atoms in total. The number of H-pyrrole nitrogens is 1. The molecule has 0 spiro atoms. The van der Waals surface area contributed by atoms with Crippen LogP contribution in [0.4, 0.5) is 0 Å². The first-order valence-electron chi connectivity index (χ1n) is 5.69. The lowest BCUT2D eigenvalue weighted by Crippen LogP contribution is -2.14. The molecule has 2 N–H and O–H groups in total. The lowest BCUT2D eigenvalue weighted by Gasteiger charge is -2.05. The van der Waals surface area contributed by atoms with E-state index in [1.165, 1.54) is 23.5 Å². The molecule has 0 aromatic carbocycles. The van der Waals surface area contributed by atoms with E-state index >= 15 is 0 Å². The topological polar surface area (TPSA) is 27.8 Å². The minimum atomic E-state index is 0.822. The van der Waals surface area contributed by atoms with Crippen LogP contribution in [0.2, 0.25) is 0 Å². The number of thioether (sulfide) groups is 1. The largest absolute Gasteiger partial charge is 0.367 e. The van der Waals surface area contributed by atoms with E-state index in [1.54, 1.807) is 0 Å². The van der Waals surface area contributed by atoms with E-state index in [2.05, 4.69) is 42.0 Å². The number of hydrogen-bond acceptors (Lipinski definition) is 2. The first-order valence-corrected chi connectivity index (χ1v) is 6.84. The fourth-order valence-electron chi connectivity index (χ4n) is 1.32. The van der Waals surface area contributed by atoms with Crippen molar-refractivity contribution >= 4 is 11.8 Å². The normalized spacial score (nSPS) is 11.1. The average molecular weight is 226 g/mol. The molecule has 15 heavy (non-hydrogen) atoms. The van der Waals surface area contributed by atoms with Crippen molar-refractivity contribution in [3.05, 3.63) is 24.0 Å². The highest BCUT2D eigenvalue weighted by Gasteiger charge is 1.95. The van der Waals surface area contributed by atoms with Crippen LogP contribution in [0.15, 0.2) is 18.5 Å². The summed E-state index contributed by atoms with van der Waals surface area (Å²) in [6, 6.07) is 2.11. The predicted molar refractivity (Wildman–Crippen MR) is 69.3 cm³/mol. The minimum Gasteiger partial charge on any atom is -0.367 e. The molecule has 1 aromatic rings. The van der Waals surface area contributed by atoms with E-state index in [1.807, 2.05) is 12.4 Å². The summed E-state index contributed by atoms with van der Waals surface area (Å²) in [5.74, 6) is 3.39.